The summed E-state index contributed by atoms with van der Waals surface area (Å²) >= 11 is 0. The van der Waals surface area contributed by atoms with Gasteiger partial charge in [-0.05, 0) is 30.3 Å². The first-order chi connectivity index (χ1) is 11.1. The Bertz CT molecular complexity index is 792. The maximum absolute atomic E-state index is 13.4. The van der Waals surface area contributed by atoms with Gasteiger partial charge in [0.25, 0.3) is 0 Å². The van der Waals surface area contributed by atoms with Crippen molar-refractivity contribution in [2.75, 3.05) is 5.32 Å². The summed E-state index contributed by atoms with van der Waals surface area (Å²) in [7, 11) is 0. The Kier molecular flexibility index (Phi) is 4.09. The topological polar surface area (TPSA) is 67.4 Å². The van der Waals surface area contributed by atoms with Crippen LogP contribution < -0.4 is 10.6 Å². The number of hydrogen-bond acceptors (Lipinski definition) is 3. The van der Waals surface area contributed by atoms with Crippen LogP contribution in [0.5, 0.6) is 0 Å². The Balaban J connectivity index is 1.59. The average molecular weight is 318 g/mol. The molecule has 0 fully saturated rings. The number of hydrogen-bond donors (Lipinski definition) is 2. The zero-order valence-electron chi connectivity index (χ0n) is 11.8. The van der Waals surface area contributed by atoms with Gasteiger partial charge < -0.3 is 19.5 Å². The van der Waals surface area contributed by atoms with Gasteiger partial charge in [-0.15, -0.1) is 0 Å². The van der Waals surface area contributed by atoms with Crippen molar-refractivity contribution in [3.05, 3.63) is 66.3 Å². The third-order valence-corrected chi connectivity index (χ3v) is 3.09. The SMILES string of the molecule is O=C(NCc1ccc(-c2ccoc2)o1)Nc1c(F)cccc1F. The number of urea groups is 1. The Morgan fingerprint density at radius 3 is 2.57 bits per heavy atom. The average Bonchev–Trinajstić information content (AvgIpc) is 3.19. The summed E-state index contributed by atoms with van der Waals surface area (Å²) in [5, 5.41) is 4.59. The van der Waals surface area contributed by atoms with E-state index in [0.29, 0.717) is 11.5 Å². The van der Waals surface area contributed by atoms with E-state index in [2.05, 4.69) is 10.6 Å². The molecular weight excluding hydrogens is 306 g/mol. The van der Waals surface area contributed by atoms with Crippen LogP contribution in [0.25, 0.3) is 11.3 Å². The first-order valence-electron chi connectivity index (χ1n) is 6.73. The normalized spacial score (nSPS) is 10.5. The molecule has 2 amide bonds. The Morgan fingerprint density at radius 2 is 1.87 bits per heavy atom. The number of rotatable bonds is 4. The minimum atomic E-state index is -0.847. The molecule has 0 aliphatic rings. The molecule has 1 aromatic carbocycles. The first kappa shape index (κ1) is 14.8. The van der Waals surface area contributed by atoms with Gasteiger partial charge in [0, 0.05) is 0 Å². The highest BCUT2D eigenvalue weighted by Crippen LogP contribution is 2.22. The molecule has 0 aliphatic heterocycles. The van der Waals surface area contributed by atoms with E-state index in [9.17, 15) is 13.6 Å². The van der Waals surface area contributed by atoms with Crippen molar-refractivity contribution in [1.29, 1.82) is 0 Å². The Hall–Kier alpha value is -3.09. The monoisotopic (exact) mass is 318 g/mol. The molecule has 0 aliphatic carbocycles. The Morgan fingerprint density at radius 1 is 1.09 bits per heavy atom. The van der Waals surface area contributed by atoms with Gasteiger partial charge in [0.15, 0.2) is 0 Å². The lowest BCUT2D eigenvalue weighted by Gasteiger charge is -2.08. The highest BCUT2D eigenvalue weighted by molar-refractivity contribution is 5.89. The third-order valence-electron chi connectivity index (χ3n) is 3.09. The van der Waals surface area contributed by atoms with Crippen LogP contribution in [0.3, 0.4) is 0 Å². The van der Waals surface area contributed by atoms with Gasteiger partial charge in [-0.1, -0.05) is 6.07 Å². The van der Waals surface area contributed by atoms with Crippen LogP contribution in [-0.4, -0.2) is 6.03 Å². The lowest BCUT2D eigenvalue weighted by Crippen LogP contribution is -2.28. The summed E-state index contributed by atoms with van der Waals surface area (Å²) in [5.74, 6) is -0.609. The van der Waals surface area contributed by atoms with E-state index < -0.39 is 23.4 Å². The summed E-state index contributed by atoms with van der Waals surface area (Å²) in [6.45, 7) is 0.0692. The second-order valence-corrected chi connectivity index (χ2v) is 4.68. The molecular formula is C16H12F2N2O3. The lowest BCUT2D eigenvalue weighted by atomic mass is 10.3. The van der Waals surface area contributed by atoms with Crippen molar-refractivity contribution >= 4 is 11.7 Å². The second kappa shape index (κ2) is 6.35. The molecule has 0 bridgehead atoms. The molecule has 7 heteroatoms. The predicted molar refractivity (Wildman–Crippen MR) is 78.6 cm³/mol. The fourth-order valence-electron chi connectivity index (χ4n) is 1.98. The largest absolute Gasteiger partial charge is 0.472 e. The highest BCUT2D eigenvalue weighted by atomic mass is 19.1. The minimum Gasteiger partial charge on any atom is -0.472 e. The quantitative estimate of drug-likeness (QED) is 0.759. The number of amides is 2. The van der Waals surface area contributed by atoms with Crippen LogP contribution in [0.4, 0.5) is 19.3 Å². The fraction of sp³-hybridized carbons (Fsp3) is 0.0625. The molecule has 0 saturated carbocycles. The first-order valence-corrected chi connectivity index (χ1v) is 6.73. The summed E-state index contributed by atoms with van der Waals surface area (Å²) in [6, 6.07) is 7.75. The van der Waals surface area contributed by atoms with Gasteiger partial charge in [-0.25, -0.2) is 13.6 Å². The molecule has 2 N–H and O–H groups in total. The summed E-state index contributed by atoms with van der Waals surface area (Å²) in [4.78, 5) is 11.7. The molecule has 2 heterocycles. The van der Waals surface area contributed by atoms with E-state index >= 15 is 0 Å². The number of carbonyl (C=O) groups excluding carboxylic acids is 1. The third kappa shape index (κ3) is 3.39. The van der Waals surface area contributed by atoms with Gasteiger partial charge in [-0.2, -0.15) is 0 Å². The van der Waals surface area contributed by atoms with E-state index in [-0.39, 0.29) is 6.54 Å². The smallest absolute Gasteiger partial charge is 0.319 e. The maximum atomic E-state index is 13.4. The number of halogens is 2. The maximum Gasteiger partial charge on any atom is 0.319 e. The zero-order chi connectivity index (χ0) is 16.2. The van der Waals surface area contributed by atoms with E-state index in [1.165, 1.54) is 18.6 Å². The molecule has 0 unspecified atom stereocenters. The van der Waals surface area contributed by atoms with Crippen LogP contribution >= 0.6 is 0 Å². The summed E-state index contributed by atoms with van der Waals surface area (Å²) in [5.41, 5.74) is 0.276. The van der Waals surface area contributed by atoms with Crippen LogP contribution in [0.2, 0.25) is 0 Å². The van der Waals surface area contributed by atoms with Gasteiger partial charge in [0.2, 0.25) is 0 Å². The van der Waals surface area contributed by atoms with Gasteiger partial charge >= 0.3 is 6.03 Å². The van der Waals surface area contributed by atoms with Crippen LogP contribution in [-0.2, 0) is 6.54 Å². The summed E-state index contributed by atoms with van der Waals surface area (Å²) < 4.78 is 37.3. The van der Waals surface area contributed by atoms with Crippen molar-refractivity contribution in [2.24, 2.45) is 0 Å². The number of furan rings is 2. The molecule has 3 aromatic rings. The van der Waals surface area contributed by atoms with Crippen LogP contribution in [0.1, 0.15) is 5.76 Å². The van der Waals surface area contributed by atoms with E-state index in [4.69, 9.17) is 8.83 Å². The Labute approximate surface area is 129 Å². The van der Waals surface area contributed by atoms with Crippen molar-refractivity contribution in [2.45, 2.75) is 6.54 Å². The van der Waals surface area contributed by atoms with Crippen molar-refractivity contribution in [3.63, 3.8) is 0 Å². The number of nitrogens with one attached hydrogen (secondary N) is 2. The zero-order valence-corrected chi connectivity index (χ0v) is 11.8. The highest BCUT2D eigenvalue weighted by Gasteiger charge is 2.12. The molecule has 0 atom stereocenters. The second-order valence-electron chi connectivity index (χ2n) is 4.68. The predicted octanol–water partition coefficient (Wildman–Crippen LogP) is 4.14. The van der Waals surface area contributed by atoms with E-state index in [0.717, 1.165) is 17.7 Å². The van der Waals surface area contributed by atoms with E-state index in [1.807, 2.05) is 0 Å². The lowest BCUT2D eigenvalue weighted by molar-refractivity contribution is 0.250. The number of para-hydroxylation sites is 1. The molecule has 0 spiro atoms. The molecule has 118 valence electrons. The molecule has 2 aromatic heterocycles. The molecule has 0 radical (unpaired) electrons. The van der Waals surface area contributed by atoms with E-state index in [1.54, 1.807) is 18.2 Å². The standard InChI is InChI=1S/C16H12F2N2O3/c17-12-2-1-3-13(18)15(12)20-16(21)19-8-11-4-5-14(23-11)10-6-7-22-9-10/h1-7,9H,8H2,(H2,19,20,21). The van der Waals surface area contributed by atoms with Crippen molar-refractivity contribution < 1.29 is 22.4 Å². The van der Waals surface area contributed by atoms with Gasteiger partial charge in [0.1, 0.15) is 35.1 Å². The number of anilines is 1. The fourth-order valence-corrected chi connectivity index (χ4v) is 1.98. The van der Waals surface area contributed by atoms with Crippen molar-refractivity contribution in [3.8, 4) is 11.3 Å². The van der Waals surface area contributed by atoms with Crippen LogP contribution in [0.15, 0.2) is 57.8 Å². The van der Waals surface area contributed by atoms with Gasteiger partial charge in [0.05, 0.1) is 18.4 Å². The van der Waals surface area contributed by atoms with Crippen LogP contribution in [0, 0.1) is 11.6 Å². The van der Waals surface area contributed by atoms with Crippen molar-refractivity contribution in [1.82, 2.24) is 5.32 Å². The van der Waals surface area contributed by atoms with Gasteiger partial charge in [-0.3, -0.25) is 0 Å². The number of carbonyl (C=O) groups is 1. The molecule has 23 heavy (non-hydrogen) atoms. The number of benzene rings is 1. The molecule has 0 saturated heterocycles. The minimum absolute atomic E-state index is 0.0692. The summed E-state index contributed by atoms with van der Waals surface area (Å²) in [6.07, 6.45) is 3.05. The molecule has 5 nitrogen and oxygen atoms in total. The molecule has 3 rings (SSSR count).